The average Bonchev–Trinajstić information content (AvgIpc) is 3.27. The molecule has 34 heavy (non-hydrogen) atoms. The minimum absolute atomic E-state index is 0.0344. The summed E-state index contributed by atoms with van der Waals surface area (Å²) in [6.07, 6.45) is 1.85. The van der Waals surface area contributed by atoms with Crippen LogP contribution in [0.1, 0.15) is 30.4 Å². The summed E-state index contributed by atoms with van der Waals surface area (Å²) in [6, 6.07) is 14.8. The Morgan fingerprint density at radius 2 is 1.76 bits per heavy atom. The first-order valence-corrected chi connectivity index (χ1v) is 11.9. The number of carbonyl (C=O) groups excluding carboxylic acids is 2. The zero-order chi connectivity index (χ0) is 24.1. The SMILES string of the molecule is CN(C)c1ccc(CNC2CC3C(=O)NCC(CCC(=O)NCc4ccc(F)cc4)N3C2)cc1. The maximum Gasteiger partial charge on any atom is 0.237 e. The fraction of sp³-hybridized carbons (Fsp3) is 0.462. The molecule has 2 amide bonds. The van der Waals surface area contributed by atoms with E-state index >= 15 is 0 Å². The van der Waals surface area contributed by atoms with Gasteiger partial charge in [0.2, 0.25) is 11.8 Å². The van der Waals surface area contributed by atoms with Crippen LogP contribution in [0.5, 0.6) is 0 Å². The molecule has 0 aromatic heterocycles. The van der Waals surface area contributed by atoms with Crippen molar-refractivity contribution in [3.05, 3.63) is 65.5 Å². The van der Waals surface area contributed by atoms with Crippen LogP contribution in [0.4, 0.5) is 10.1 Å². The number of nitrogens with zero attached hydrogens (tertiary/aromatic N) is 2. The number of hydrogen-bond donors (Lipinski definition) is 3. The lowest BCUT2D eigenvalue weighted by Crippen LogP contribution is -2.58. The summed E-state index contributed by atoms with van der Waals surface area (Å²) in [5, 5.41) is 9.53. The molecule has 3 N–H and O–H groups in total. The second-order valence-corrected chi connectivity index (χ2v) is 9.43. The molecule has 2 fully saturated rings. The number of piperazine rings is 1. The van der Waals surface area contributed by atoms with Gasteiger partial charge in [-0.1, -0.05) is 24.3 Å². The largest absolute Gasteiger partial charge is 0.378 e. The normalized spacial score (nSPS) is 22.2. The quantitative estimate of drug-likeness (QED) is 0.526. The molecule has 3 atom stereocenters. The molecule has 182 valence electrons. The lowest BCUT2D eigenvalue weighted by atomic mass is 10.0. The van der Waals surface area contributed by atoms with Gasteiger partial charge in [0.15, 0.2) is 0 Å². The first-order valence-electron chi connectivity index (χ1n) is 11.9. The van der Waals surface area contributed by atoms with Crippen molar-refractivity contribution in [2.45, 2.75) is 50.5 Å². The summed E-state index contributed by atoms with van der Waals surface area (Å²) in [5.74, 6) is -0.242. The molecule has 2 aliphatic heterocycles. The molecule has 0 spiro atoms. The number of rotatable bonds is 9. The molecular formula is C26H34FN5O2. The molecule has 3 unspecified atom stereocenters. The first kappa shape index (κ1) is 24.2. The van der Waals surface area contributed by atoms with E-state index in [0.717, 1.165) is 25.1 Å². The lowest BCUT2D eigenvalue weighted by Gasteiger charge is -2.37. The zero-order valence-electron chi connectivity index (χ0n) is 19.9. The standard InChI is InChI=1S/C26H34FN5O2/c1-31(2)22-9-5-19(6-10-22)14-28-21-13-24-26(34)30-16-23(32(24)17-21)11-12-25(33)29-15-18-3-7-20(27)8-4-18/h3-10,21,23-24,28H,11-17H2,1-2H3,(H,29,33)(H,30,34). The maximum atomic E-state index is 13.0. The molecule has 8 heteroatoms. The van der Waals surface area contributed by atoms with Gasteiger partial charge in [0.1, 0.15) is 5.82 Å². The van der Waals surface area contributed by atoms with Crippen molar-refractivity contribution in [1.29, 1.82) is 0 Å². The monoisotopic (exact) mass is 467 g/mol. The second kappa shape index (κ2) is 11.0. The van der Waals surface area contributed by atoms with Crippen LogP contribution < -0.4 is 20.9 Å². The average molecular weight is 468 g/mol. The summed E-state index contributed by atoms with van der Waals surface area (Å²) >= 11 is 0. The van der Waals surface area contributed by atoms with E-state index in [-0.39, 0.29) is 35.8 Å². The van der Waals surface area contributed by atoms with Crippen molar-refractivity contribution >= 4 is 17.5 Å². The van der Waals surface area contributed by atoms with Gasteiger partial charge >= 0.3 is 0 Å². The molecule has 2 heterocycles. The predicted molar refractivity (Wildman–Crippen MR) is 131 cm³/mol. The van der Waals surface area contributed by atoms with Crippen molar-refractivity contribution in [3.63, 3.8) is 0 Å². The highest BCUT2D eigenvalue weighted by Crippen LogP contribution is 2.26. The van der Waals surface area contributed by atoms with E-state index in [1.54, 1.807) is 12.1 Å². The molecule has 2 aromatic carbocycles. The van der Waals surface area contributed by atoms with Crippen molar-refractivity contribution in [1.82, 2.24) is 20.9 Å². The minimum atomic E-state index is -0.287. The van der Waals surface area contributed by atoms with E-state index in [4.69, 9.17) is 0 Å². The van der Waals surface area contributed by atoms with Crippen LogP contribution in [-0.4, -0.2) is 62.0 Å². The van der Waals surface area contributed by atoms with Gasteiger partial charge in [-0.2, -0.15) is 0 Å². The topological polar surface area (TPSA) is 76.7 Å². The molecule has 0 aliphatic carbocycles. The number of hydrogen-bond acceptors (Lipinski definition) is 5. The van der Waals surface area contributed by atoms with Gasteiger partial charge < -0.3 is 20.9 Å². The Labute approximate surface area is 200 Å². The number of amides is 2. The molecule has 2 aliphatic rings. The minimum Gasteiger partial charge on any atom is -0.378 e. The van der Waals surface area contributed by atoms with Crippen molar-refractivity contribution in [3.8, 4) is 0 Å². The molecule has 7 nitrogen and oxygen atoms in total. The Morgan fingerprint density at radius 1 is 1.09 bits per heavy atom. The Morgan fingerprint density at radius 3 is 2.47 bits per heavy atom. The van der Waals surface area contributed by atoms with Crippen LogP contribution in [0.15, 0.2) is 48.5 Å². The molecule has 2 saturated heterocycles. The molecule has 0 radical (unpaired) electrons. The number of carbonyl (C=O) groups is 2. The highest BCUT2D eigenvalue weighted by molar-refractivity contribution is 5.83. The molecule has 0 bridgehead atoms. The summed E-state index contributed by atoms with van der Waals surface area (Å²) in [5.41, 5.74) is 3.25. The summed E-state index contributed by atoms with van der Waals surface area (Å²) in [7, 11) is 4.05. The predicted octanol–water partition coefficient (Wildman–Crippen LogP) is 2.02. The Kier molecular flexibility index (Phi) is 7.80. The third-order valence-corrected chi connectivity index (χ3v) is 6.78. The van der Waals surface area contributed by atoms with Crippen LogP contribution in [0.3, 0.4) is 0 Å². The third kappa shape index (κ3) is 6.12. The summed E-state index contributed by atoms with van der Waals surface area (Å²) in [4.78, 5) is 29.2. The van der Waals surface area contributed by atoms with Gasteiger partial charge in [0.25, 0.3) is 0 Å². The van der Waals surface area contributed by atoms with Crippen LogP contribution in [0.2, 0.25) is 0 Å². The van der Waals surface area contributed by atoms with Gasteiger partial charge in [-0.05, 0) is 48.2 Å². The number of halogens is 1. The van der Waals surface area contributed by atoms with Gasteiger partial charge in [0.05, 0.1) is 6.04 Å². The van der Waals surface area contributed by atoms with E-state index in [9.17, 15) is 14.0 Å². The van der Waals surface area contributed by atoms with Gasteiger partial charge in [-0.15, -0.1) is 0 Å². The highest BCUT2D eigenvalue weighted by atomic mass is 19.1. The Balaban J connectivity index is 1.25. The Bertz CT molecular complexity index is 980. The van der Waals surface area contributed by atoms with Gasteiger partial charge in [0, 0.05) is 64.5 Å². The van der Waals surface area contributed by atoms with Crippen molar-refractivity contribution in [2.24, 2.45) is 0 Å². The lowest BCUT2D eigenvalue weighted by molar-refractivity contribution is -0.129. The highest BCUT2D eigenvalue weighted by Gasteiger charge is 2.43. The van der Waals surface area contributed by atoms with Crippen LogP contribution in [0.25, 0.3) is 0 Å². The van der Waals surface area contributed by atoms with Crippen molar-refractivity contribution in [2.75, 3.05) is 32.1 Å². The fourth-order valence-corrected chi connectivity index (χ4v) is 4.75. The van der Waals surface area contributed by atoms with Crippen LogP contribution >= 0.6 is 0 Å². The van der Waals surface area contributed by atoms with E-state index in [0.29, 0.717) is 25.9 Å². The fourth-order valence-electron chi connectivity index (χ4n) is 4.75. The van der Waals surface area contributed by atoms with Gasteiger partial charge in [-0.25, -0.2) is 4.39 Å². The number of nitrogens with one attached hydrogen (secondary N) is 3. The van der Waals surface area contributed by atoms with Crippen molar-refractivity contribution < 1.29 is 14.0 Å². The van der Waals surface area contributed by atoms with Crippen LogP contribution in [-0.2, 0) is 22.7 Å². The Hall–Kier alpha value is -2.97. The van der Waals surface area contributed by atoms with E-state index in [1.165, 1.54) is 23.4 Å². The number of benzene rings is 2. The zero-order valence-corrected chi connectivity index (χ0v) is 19.9. The molecular weight excluding hydrogens is 433 g/mol. The van der Waals surface area contributed by atoms with E-state index < -0.39 is 0 Å². The maximum absolute atomic E-state index is 13.0. The van der Waals surface area contributed by atoms with Crippen LogP contribution in [0, 0.1) is 5.82 Å². The molecule has 2 aromatic rings. The van der Waals surface area contributed by atoms with E-state index in [2.05, 4.69) is 50.0 Å². The number of anilines is 1. The molecule has 4 rings (SSSR count). The summed E-state index contributed by atoms with van der Waals surface area (Å²) < 4.78 is 13.0. The number of fused-ring (bicyclic) bond motifs is 1. The third-order valence-electron chi connectivity index (χ3n) is 6.78. The molecule has 0 saturated carbocycles. The van der Waals surface area contributed by atoms with E-state index in [1.807, 2.05) is 14.1 Å². The summed E-state index contributed by atoms with van der Waals surface area (Å²) in [6.45, 7) is 2.51. The second-order valence-electron chi connectivity index (χ2n) is 9.43. The smallest absolute Gasteiger partial charge is 0.237 e. The first-order chi connectivity index (χ1) is 16.4. The van der Waals surface area contributed by atoms with Gasteiger partial charge in [-0.3, -0.25) is 14.5 Å².